The van der Waals surface area contributed by atoms with E-state index in [4.69, 9.17) is 5.73 Å². The zero-order valence-corrected chi connectivity index (χ0v) is 7.61. The molecule has 1 aliphatic heterocycles. The van der Waals surface area contributed by atoms with Gasteiger partial charge in [-0.25, -0.2) is 8.78 Å². The highest BCUT2D eigenvalue weighted by molar-refractivity contribution is 4.86. The van der Waals surface area contributed by atoms with Crippen LogP contribution in [0.5, 0.6) is 0 Å². The molecule has 0 unspecified atom stereocenters. The number of hydrogen-bond donors (Lipinski definition) is 1. The fourth-order valence-corrected chi connectivity index (χ4v) is 1.52. The van der Waals surface area contributed by atoms with Crippen LogP contribution in [-0.4, -0.2) is 36.0 Å². The summed E-state index contributed by atoms with van der Waals surface area (Å²) in [4.78, 5) is 1.72. The smallest absolute Gasteiger partial charge is 0.261 e. The average Bonchev–Trinajstić information content (AvgIpc) is 2.05. The topological polar surface area (TPSA) is 29.3 Å². The van der Waals surface area contributed by atoms with Crippen molar-refractivity contribution < 1.29 is 8.78 Å². The molecule has 0 atom stereocenters. The number of alkyl halides is 2. The van der Waals surface area contributed by atoms with Crippen molar-refractivity contribution in [3.05, 3.63) is 0 Å². The molecule has 4 heteroatoms. The lowest BCUT2D eigenvalue weighted by atomic mass is 10.1. The first-order valence-corrected chi connectivity index (χ1v) is 4.18. The van der Waals surface area contributed by atoms with E-state index in [1.807, 2.05) is 13.8 Å². The summed E-state index contributed by atoms with van der Waals surface area (Å²) in [5.74, 6) is -2.49. The minimum absolute atomic E-state index is 0.0247. The predicted molar refractivity (Wildman–Crippen MR) is 44.3 cm³/mol. The second kappa shape index (κ2) is 2.92. The molecule has 0 amide bonds. The van der Waals surface area contributed by atoms with Crippen molar-refractivity contribution in [2.75, 3.05) is 19.6 Å². The first-order valence-electron chi connectivity index (χ1n) is 4.18. The Kier molecular flexibility index (Phi) is 2.40. The van der Waals surface area contributed by atoms with Gasteiger partial charge in [0.05, 0.1) is 6.54 Å². The van der Waals surface area contributed by atoms with Gasteiger partial charge in [-0.2, -0.15) is 0 Å². The van der Waals surface area contributed by atoms with Crippen molar-refractivity contribution in [3.8, 4) is 0 Å². The lowest BCUT2D eigenvalue weighted by Gasteiger charge is -2.25. The van der Waals surface area contributed by atoms with Gasteiger partial charge in [-0.15, -0.1) is 0 Å². The number of likely N-dealkylation sites (tertiary alicyclic amines) is 1. The highest BCUT2D eigenvalue weighted by Gasteiger charge is 2.39. The lowest BCUT2D eigenvalue weighted by molar-refractivity contribution is 0.0108. The third-order valence-corrected chi connectivity index (χ3v) is 1.88. The van der Waals surface area contributed by atoms with E-state index < -0.39 is 5.92 Å². The van der Waals surface area contributed by atoms with E-state index in [0.717, 1.165) is 0 Å². The van der Waals surface area contributed by atoms with Gasteiger partial charge in [-0.05, 0) is 13.8 Å². The Morgan fingerprint density at radius 1 is 1.50 bits per heavy atom. The van der Waals surface area contributed by atoms with Crippen LogP contribution >= 0.6 is 0 Å². The Bertz CT molecular complexity index is 163. The van der Waals surface area contributed by atoms with Crippen LogP contribution in [0.2, 0.25) is 0 Å². The van der Waals surface area contributed by atoms with Crippen LogP contribution in [-0.2, 0) is 0 Å². The molecule has 0 bridgehead atoms. The van der Waals surface area contributed by atoms with Crippen LogP contribution in [0.15, 0.2) is 0 Å². The summed E-state index contributed by atoms with van der Waals surface area (Å²) < 4.78 is 25.4. The molecular formula is C8H16F2N2. The molecule has 12 heavy (non-hydrogen) atoms. The van der Waals surface area contributed by atoms with E-state index in [-0.39, 0.29) is 18.5 Å². The zero-order chi connectivity index (χ0) is 9.41. The second-order valence-electron chi connectivity index (χ2n) is 4.31. The maximum atomic E-state index is 12.7. The maximum absolute atomic E-state index is 12.7. The third-order valence-electron chi connectivity index (χ3n) is 1.88. The minimum atomic E-state index is -2.49. The number of nitrogens with zero attached hydrogens (tertiary/aromatic N) is 1. The van der Waals surface area contributed by atoms with Gasteiger partial charge in [0, 0.05) is 25.0 Å². The van der Waals surface area contributed by atoms with Gasteiger partial charge in [0.2, 0.25) is 0 Å². The molecule has 0 saturated carbocycles. The molecule has 1 saturated heterocycles. The van der Waals surface area contributed by atoms with Gasteiger partial charge in [0.25, 0.3) is 5.92 Å². The Morgan fingerprint density at radius 2 is 2.08 bits per heavy atom. The van der Waals surface area contributed by atoms with Gasteiger partial charge in [-0.3, -0.25) is 4.90 Å². The highest BCUT2D eigenvalue weighted by atomic mass is 19.3. The number of halogens is 2. The monoisotopic (exact) mass is 178 g/mol. The third kappa shape index (κ3) is 3.03. The van der Waals surface area contributed by atoms with Crippen molar-refractivity contribution >= 4 is 0 Å². The van der Waals surface area contributed by atoms with E-state index in [0.29, 0.717) is 13.1 Å². The molecule has 0 spiro atoms. The second-order valence-corrected chi connectivity index (χ2v) is 4.31. The molecule has 1 aliphatic rings. The highest BCUT2D eigenvalue weighted by Crippen LogP contribution is 2.27. The van der Waals surface area contributed by atoms with Gasteiger partial charge in [0.15, 0.2) is 0 Å². The number of nitrogens with two attached hydrogens (primary N) is 1. The summed E-state index contributed by atoms with van der Waals surface area (Å²) in [6.45, 7) is 4.58. The predicted octanol–water partition coefficient (Wildman–Crippen LogP) is 1.06. The fourth-order valence-electron chi connectivity index (χ4n) is 1.52. The Balaban J connectivity index is 2.39. The lowest BCUT2D eigenvalue weighted by Crippen LogP contribution is -2.45. The minimum Gasteiger partial charge on any atom is -0.324 e. The Hall–Kier alpha value is -0.220. The van der Waals surface area contributed by atoms with Crippen LogP contribution in [0.25, 0.3) is 0 Å². The van der Waals surface area contributed by atoms with Gasteiger partial charge < -0.3 is 5.73 Å². The van der Waals surface area contributed by atoms with Gasteiger partial charge in [0.1, 0.15) is 0 Å². The van der Waals surface area contributed by atoms with E-state index in [1.165, 1.54) is 0 Å². The zero-order valence-electron chi connectivity index (χ0n) is 7.61. The van der Waals surface area contributed by atoms with Crippen LogP contribution in [0.1, 0.15) is 20.3 Å². The molecule has 0 aromatic heterocycles. The summed E-state index contributed by atoms with van der Waals surface area (Å²) in [6.07, 6.45) is -0.0247. The molecule has 0 aliphatic carbocycles. The molecule has 1 rings (SSSR count). The summed E-state index contributed by atoms with van der Waals surface area (Å²) in [6, 6.07) is 0. The first kappa shape index (κ1) is 9.86. The number of hydrogen-bond acceptors (Lipinski definition) is 2. The fraction of sp³-hybridized carbons (Fsp3) is 1.00. The Labute approximate surface area is 71.7 Å². The summed E-state index contributed by atoms with van der Waals surface area (Å²) >= 11 is 0. The van der Waals surface area contributed by atoms with Crippen LogP contribution < -0.4 is 5.73 Å². The quantitative estimate of drug-likeness (QED) is 0.685. The van der Waals surface area contributed by atoms with Crippen molar-refractivity contribution in [3.63, 3.8) is 0 Å². The maximum Gasteiger partial charge on any atom is 0.261 e. The van der Waals surface area contributed by atoms with Crippen LogP contribution in [0.4, 0.5) is 8.78 Å². The molecule has 1 fully saturated rings. The van der Waals surface area contributed by atoms with Crippen molar-refractivity contribution in [2.24, 2.45) is 5.73 Å². The molecule has 2 nitrogen and oxygen atoms in total. The molecule has 1 heterocycles. The first-order chi connectivity index (χ1) is 5.29. The largest absolute Gasteiger partial charge is 0.324 e. The normalized spacial score (nSPS) is 24.8. The SMILES string of the molecule is CC(C)(N)CN1CCC(F)(F)C1. The average molecular weight is 178 g/mol. The number of rotatable bonds is 2. The molecule has 0 aromatic rings. The van der Waals surface area contributed by atoms with Gasteiger partial charge >= 0.3 is 0 Å². The van der Waals surface area contributed by atoms with Crippen molar-refractivity contribution in [2.45, 2.75) is 31.7 Å². The molecule has 0 aromatic carbocycles. The van der Waals surface area contributed by atoms with Crippen molar-refractivity contribution in [1.82, 2.24) is 4.90 Å². The van der Waals surface area contributed by atoms with Crippen LogP contribution in [0.3, 0.4) is 0 Å². The Morgan fingerprint density at radius 3 is 2.42 bits per heavy atom. The van der Waals surface area contributed by atoms with Crippen LogP contribution in [0, 0.1) is 0 Å². The molecular weight excluding hydrogens is 162 g/mol. The van der Waals surface area contributed by atoms with Crippen molar-refractivity contribution in [1.29, 1.82) is 0 Å². The standard InChI is InChI=1S/C8H16F2N2/c1-7(2,11)5-12-4-3-8(9,10)6-12/h3-6,11H2,1-2H3. The summed E-state index contributed by atoms with van der Waals surface area (Å²) in [7, 11) is 0. The van der Waals surface area contributed by atoms with E-state index in [9.17, 15) is 8.78 Å². The summed E-state index contributed by atoms with van der Waals surface area (Å²) in [5.41, 5.74) is 5.34. The summed E-state index contributed by atoms with van der Waals surface area (Å²) in [5, 5.41) is 0. The van der Waals surface area contributed by atoms with E-state index in [2.05, 4.69) is 0 Å². The van der Waals surface area contributed by atoms with E-state index in [1.54, 1.807) is 4.90 Å². The van der Waals surface area contributed by atoms with Gasteiger partial charge in [-0.1, -0.05) is 0 Å². The molecule has 2 N–H and O–H groups in total. The molecule has 0 radical (unpaired) electrons. The molecule has 72 valence electrons. The van der Waals surface area contributed by atoms with E-state index >= 15 is 0 Å².